The van der Waals surface area contributed by atoms with Gasteiger partial charge in [-0.05, 0) is 71.1 Å². The third kappa shape index (κ3) is 5.42. The second kappa shape index (κ2) is 11.6. The summed E-state index contributed by atoms with van der Waals surface area (Å²) < 4.78 is 12.0. The summed E-state index contributed by atoms with van der Waals surface area (Å²) in [5.41, 5.74) is 2.65. The van der Waals surface area contributed by atoms with Gasteiger partial charge in [0.1, 0.15) is 12.2 Å². The number of nitrogens with one attached hydrogen (secondary N) is 1. The maximum atomic E-state index is 13.3. The van der Waals surface area contributed by atoms with Crippen LogP contribution < -0.4 is 19.7 Å². The van der Waals surface area contributed by atoms with Gasteiger partial charge in [0.25, 0.3) is 11.8 Å². The summed E-state index contributed by atoms with van der Waals surface area (Å²) in [6.45, 7) is 4.45. The summed E-state index contributed by atoms with van der Waals surface area (Å²) in [4.78, 5) is 39.5. The highest BCUT2D eigenvalue weighted by Crippen LogP contribution is 2.38. The quantitative estimate of drug-likeness (QED) is 0.193. The summed E-state index contributed by atoms with van der Waals surface area (Å²) >= 11 is 6.64. The number of barbiturate groups is 1. The van der Waals surface area contributed by atoms with Gasteiger partial charge in [-0.25, -0.2) is 9.69 Å². The fourth-order valence-corrected chi connectivity index (χ4v) is 4.86. The molecule has 1 N–H and O–H groups in total. The maximum Gasteiger partial charge on any atom is 0.335 e. The number of ether oxygens (including phenoxy) is 2. The van der Waals surface area contributed by atoms with Crippen LogP contribution in [0.25, 0.3) is 16.8 Å². The lowest BCUT2D eigenvalue weighted by molar-refractivity contribution is -0.122. The van der Waals surface area contributed by atoms with E-state index in [4.69, 9.17) is 21.1 Å². The van der Waals surface area contributed by atoms with Gasteiger partial charge in [0, 0.05) is 0 Å². The van der Waals surface area contributed by atoms with Gasteiger partial charge in [-0.3, -0.25) is 14.9 Å². The predicted octanol–water partition coefficient (Wildman–Crippen LogP) is 6.70. The Labute approximate surface area is 237 Å². The first kappa shape index (κ1) is 27.0. The van der Waals surface area contributed by atoms with Gasteiger partial charge in [0.05, 0.1) is 17.3 Å². The zero-order valence-electron chi connectivity index (χ0n) is 22.1. The highest BCUT2D eigenvalue weighted by Gasteiger charge is 2.36. The van der Waals surface area contributed by atoms with Crippen molar-refractivity contribution >= 4 is 52.0 Å². The van der Waals surface area contributed by atoms with Crippen molar-refractivity contribution in [2.24, 2.45) is 0 Å². The Hall–Kier alpha value is -4.62. The third-order valence-electron chi connectivity index (χ3n) is 6.60. The first-order valence-corrected chi connectivity index (χ1v) is 13.3. The Morgan fingerprint density at radius 3 is 2.40 bits per heavy atom. The van der Waals surface area contributed by atoms with Gasteiger partial charge < -0.3 is 9.47 Å². The van der Waals surface area contributed by atoms with Crippen LogP contribution in [0.5, 0.6) is 11.5 Å². The van der Waals surface area contributed by atoms with Crippen molar-refractivity contribution in [2.75, 3.05) is 11.5 Å². The number of fused-ring (bicyclic) bond motifs is 1. The number of urea groups is 1. The van der Waals surface area contributed by atoms with E-state index in [1.807, 2.05) is 68.4 Å². The number of anilines is 1. The van der Waals surface area contributed by atoms with Crippen LogP contribution in [0.3, 0.4) is 0 Å². The van der Waals surface area contributed by atoms with Gasteiger partial charge >= 0.3 is 6.03 Å². The van der Waals surface area contributed by atoms with Gasteiger partial charge in [-0.1, -0.05) is 73.1 Å². The minimum absolute atomic E-state index is 0.206. The normalized spacial score (nSPS) is 14.5. The molecule has 0 unspecified atom stereocenters. The van der Waals surface area contributed by atoms with Crippen LogP contribution in [0.4, 0.5) is 10.5 Å². The van der Waals surface area contributed by atoms with Crippen LogP contribution >= 0.6 is 11.6 Å². The Morgan fingerprint density at radius 1 is 0.900 bits per heavy atom. The molecule has 0 saturated carbocycles. The van der Waals surface area contributed by atoms with Crippen molar-refractivity contribution in [3.8, 4) is 11.5 Å². The molecule has 1 aliphatic heterocycles. The Bertz CT molecular complexity index is 1640. The topological polar surface area (TPSA) is 84.9 Å². The molecule has 40 heavy (non-hydrogen) atoms. The Kier molecular flexibility index (Phi) is 7.84. The van der Waals surface area contributed by atoms with E-state index in [-0.39, 0.29) is 17.2 Å². The molecule has 1 saturated heterocycles. The number of rotatable bonds is 8. The van der Waals surface area contributed by atoms with E-state index in [1.165, 1.54) is 6.08 Å². The standard InChI is InChI=1S/C32H27ClN2O5/c1-3-20-12-14-24(15-13-20)35-31(37)26(30(36)34-32(35)38)16-21-17-27(33)29(28(18-21)39-4-2)40-19-23-10-7-9-22-8-5-6-11-25(22)23/h5-18H,3-4,19H2,1-2H3,(H,34,36,38)/b26-16-. The molecule has 0 spiro atoms. The minimum Gasteiger partial charge on any atom is -0.490 e. The molecule has 0 bridgehead atoms. The van der Waals surface area contributed by atoms with E-state index in [9.17, 15) is 14.4 Å². The number of benzene rings is 4. The average molecular weight is 555 g/mol. The van der Waals surface area contributed by atoms with Gasteiger partial charge in [0.2, 0.25) is 0 Å². The van der Waals surface area contributed by atoms with Crippen molar-refractivity contribution in [3.05, 3.63) is 106 Å². The number of carbonyl (C=O) groups excluding carboxylic acids is 3. The Morgan fingerprint density at radius 2 is 1.65 bits per heavy atom. The monoisotopic (exact) mass is 554 g/mol. The number of aryl methyl sites for hydroxylation is 1. The Balaban J connectivity index is 1.45. The molecular formula is C32H27ClN2O5. The molecule has 1 aliphatic rings. The van der Waals surface area contributed by atoms with Crippen LogP contribution in [0.1, 0.15) is 30.5 Å². The molecule has 0 radical (unpaired) electrons. The van der Waals surface area contributed by atoms with E-state index in [2.05, 4.69) is 5.32 Å². The molecule has 0 aromatic heterocycles. The molecule has 4 aromatic carbocycles. The highest BCUT2D eigenvalue weighted by atomic mass is 35.5. The molecule has 4 aromatic rings. The van der Waals surface area contributed by atoms with E-state index in [1.54, 1.807) is 24.3 Å². The summed E-state index contributed by atoms with van der Waals surface area (Å²) in [6, 6.07) is 23.5. The largest absolute Gasteiger partial charge is 0.490 e. The second-order valence-corrected chi connectivity index (χ2v) is 9.58. The van der Waals surface area contributed by atoms with Crippen molar-refractivity contribution in [3.63, 3.8) is 0 Å². The molecule has 0 atom stereocenters. The van der Waals surface area contributed by atoms with Crippen LogP contribution in [0, 0.1) is 0 Å². The third-order valence-corrected chi connectivity index (χ3v) is 6.88. The van der Waals surface area contributed by atoms with Crippen LogP contribution in [-0.4, -0.2) is 24.5 Å². The molecule has 1 fully saturated rings. The zero-order chi connectivity index (χ0) is 28.2. The van der Waals surface area contributed by atoms with Crippen LogP contribution in [-0.2, 0) is 22.6 Å². The fraction of sp³-hybridized carbons (Fsp3) is 0.156. The highest BCUT2D eigenvalue weighted by molar-refractivity contribution is 6.39. The minimum atomic E-state index is -0.804. The summed E-state index contributed by atoms with van der Waals surface area (Å²) in [7, 11) is 0. The molecule has 7 nitrogen and oxygen atoms in total. The predicted molar refractivity (Wildman–Crippen MR) is 156 cm³/mol. The van der Waals surface area contributed by atoms with E-state index < -0.39 is 17.8 Å². The molecule has 202 valence electrons. The van der Waals surface area contributed by atoms with E-state index in [0.29, 0.717) is 29.4 Å². The van der Waals surface area contributed by atoms with Gasteiger partial charge in [-0.15, -0.1) is 0 Å². The van der Waals surface area contributed by atoms with Crippen molar-refractivity contribution in [1.29, 1.82) is 0 Å². The van der Waals surface area contributed by atoms with Gasteiger partial charge in [0.15, 0.2) is 11.5 Å². The number of imide groups is 2. The summed E-state index contributed by atoms with van der Waals surface area (Å²) in [5, 5.41) is 4.68. The SMILES string of the molecule is CCOc1cc(/C=C2/C(=O)NC(=O)N(c3ccc(CC)cc3)C2=O)cc(Cl)c1OCc1cccc2ccccc12. The number of hydrogen-bond donors (Lipinski definition) is 1. The molecule has 8 heteroatoms. The molecular weight excluding hydrogens is 528 g/mol. The average Bonchev–Trinajstić information content (AvgIpc) is 2.95. The summed E-state index contributed by atoms with van der Waals surface area (Å²) in [6.07, 6.45) is 2.20. The molecule has 4 amide bonds. The lowest BCUT2D eigenvalue weighted by Crippen LogP contribution is -2.54. The van der Waals surface area contributed by atoms with Crippen molar-refractivity contribution in [2.45, 2.75) is 26.9 Å². The van der Waals surface area contributed by atoms with E-state index in [0.717, 1.165) is 33.2 Å². The summed E-state index contributed by atoms with van der Waals surface area (Å²) in [5.74, 6) is -0.801. The first-order chi connectivity index (χ1) is 19.4. The van der Waals surface area contributed by atoms with Crippen LogP contribution in [0.2, 0.25) is 5.02 Å². The van der Waals surface area contributed by atoms with Crippen molar-refractivity contribution < 1.29 is 23.9 Å². The van der Waals surface area contributed by atoms with Crippen molar-refractivity contribution in [1.82, 2.24) is 5.32 Å². The molecule has 5 rings (SSSR count). The number of hydrogen-bond acceptors (Lipinski definition) is 5. The van der Waals surface area contributed by atoms with E-state index >= 15 is 0 Å². The number of halogens is 1. The van der Waals surface area contributed by atoms with Gasteiger partial charge in [-0.2, -0.15) is 0 Å². The molecule has 1 heterocycles. The zero-order valence-corrected chi connectivity index (χ0v) is 22.8. The molecule has 0 aliphatic carbocycles. The lowest BCUT2D eigenvalue weighted by Gasteiger charge is -2.26. The smallest absolute Gasteiger partial charge is 0.335 e. The maximum absolute atomic E-state index is 13.3. The number of amides is 4. The second-order valence-electron chi connectivity index (χ2n) is 9.17. The fourth-order valence-electron chi connectivity index (χ4n) is 4.58. The first-order valence-electron chi connectivity index (χ1n) is 13.0. The number of nitrogens with zero attached hydrogens (tertiary/aromatic N) is 1. The number of carbonyl (C=O) groups is 3. The lowest BCUT2D eigenvalue weighted by atomic mass is 10.0. The van der Waals surface area contributed by atoms with Crippen LogP contribution in [0.15, 0.2) is 84.4 Å².